The number of benzene rings is 4. The quantitative estimate of drug-likeness (QED) is 0.264. The van der Waals surface area contributed by atoms with Gasteiger partial charge in [0.2, 0.25) is 0 Å². The molecule has 0 unspecified atom stereocenters. The van der Waals surface area contributed by atoms with Crippen LogP contribution in [-0.2, 0) is 6.42 Å². The van der Waals surface area contributed by atoms with Crippen LogP contribution in [-0.4, -0.2) is 9.55 Å². The van der Waals surface area contributed by atoms with Crippen LogP contribution in [0.25, 0.3) is 33.9 Å². The summed E-state index contributed by atoms with van der Waals surface area (Å²) in [6, 6.07) is 32.9. The number of rotatable bonds is 3. The molecule has 8 rings (SSSR count). The lowest BCUT2D eigenvalue weighted by Crippen LogP contribution is -2.38. The molecule has 6 aromatic rings. The smallest absolute Gasteiger partial charge is 0.271 e. The molecule has 2 aromatic heterocycles. The van der Waals surface area contributed by atoms with E-state index in [1.807, 2.05) is 47.0 Å². The number of nitrogens with zero attached hydrogens (tertiary/aromatic N) is 2. The maximum atomic E-state index is 14.3. The number of hydrogen-bond donors (Lipinski definition) is 1. The number of fused-ring (bicyclic) bond motifs is 4. The van der Waals surface area contributed by atoms with Gasteiger partial charge >= 0.3 is 0 Å². The van der Waals surface area contributed by atoms with Crippen molar-refractivity contribution >= 4 is 34.0 Å². The number of H-pyrrole nitrogens is 1. The number of nitrogens with one attached hydrogen (secondary N) is 1. The van der Waals surface area contributed by atoms with E-state index >= 15 is 0 Å². The molecular formula is C35H24FN3OS. The van der Waals surface area contributed by atoms with Crippen LogP contribution in [0.1, 0.15) is 34.7 Å². The van der Waals surface area contributed by atoms with Crippen LogP contribution < -0.4 is 14.9 Å². The van der Waals surface area contributed by atoms with Crippen molar-refractivity contribution < 1.29 is 4.39 Å². The molecule has 1 N–H and O–H groups in total. The third-order valence-corrected chi connectivity index (χ3v) is 9.13. The van der Waals surface area contributed by atoms with Gasteiger partial charge in [-0.25, -0.2) is 9.38 Å². The Morgan fingerprint density at radius 2 is 1.63 bits per heavy atom. The average molecular weight is 554 g/mol. The molecule has 0 amide bonds. The second-order valence-corrected chi connectivity index (χ2v) is 11.5. The zero-order valence-electron chi connectivity index (χ0n) is 22.0. The summed E-state index contributed by atoms with van der Waals surface area (Å²) >= 11 is 1.41. The number of allylic oxidation sites excluding steroid dienone is 1. The Hall–Kier alpha value is -4.81. The van der Waals surface area contributed by atoms with E-state index in [4.69, 9.17) is 4.99 Å². The Bertz CT molecular complexity index is 2190. The number of aromatic nitrogens is 2. The molecule has 0 spiro atoms. The van der Waals surface area contributed by atoms with Crippen molar-refractivity contribution in [3.8, 4) is 11.3 Å². The van der Waals surface area contributed by atoms with Crippen LogP contribution in [0, 0.1) is 5.82 Å². The Morgan fingerprint density at radius 3 is 2.49 bits per heavy atom. The summed E-state index contributed by atoms with van der Waals surface area (Å²) in [7, 11) is 0. The van der Waals surface area contributed by atoms with Crippen LogP contribution in [0.4, 0.5) is 4.39 Å². The Morgan fingerprint density at radius 1 is 0.878 bits per heavy atom. The molecule has 0 saturated heterocycles. The summed E-state index contributed by atoms with van der Waals surface area (Å²) in [6.45, 7) is 0. The molecule has 198 valence electrons. The van der Waals surface area contributed by atoms with Crippen LogP contribution in [0.3, 0.4) is 0 Å². The molecule has 1 aliphatic heterocycles. The van der Waals surface area contributed by atoms with Crippen LogP contribution >= 0.6 is 11.3 Å². The molecule has 6 heteroatoms. The number of halogens is 1. The largest absolute Gasteiger partial charge is 0.354 e. The predicted octanol–water partition coefficient (Wildman–Crippen LogP) is 6.61. The summed E-state index contributed by atoms with van der Waals surface area (Å²) in [5.41, 5.74) is 9.24. The van der Waals surface area contributed by atoms with E-state index in [0.29, 0.717) is 9.33 Å². The molecular weight excluding hydrogens is 529 g/mol. The Kier molecular flexibility index (Phi) is 5.50. The highest BCUT2D eigenvalue weighted by Gasteiger charge is 2.32. The number of aromatic amines is 1. The lowest BCUT2D eigenvalue weighted by molar-refractivity contribution is 0.581. The zero-order valence-corrected chi connectivity index (χ0v) is 22.8. The minimum Gasteiger partial charge on any atom is -0.354 e. The van der Waals surface area contributed by atoms with Gasteiger partial charge in [0.05, 0.1) is 22.0 Å². The molecule has 0 bridgehead atoms. The highest BCUT2D eigenvalue weighted by Crippen LogP contribution is 2.41. The number of aryl methyl sites for hydroxylation is 1. The van der Waals surface area contributed by atoms with Crippen molar-refractivity contribution in [2.75, 3.05) is 0 Å². The molecule has 1 aliphatic carbocycles. The maximum absolute atomic E-state index is 14.3. The van der Waals surface area contributed by atoms with Gasteiger partial charge in [-0.1, -0.05) is 96.3 Å². The normalized spacial score (nSPS) is 16.3. The minimum atomic E-state index is -0.339. The summed E-state index contributed by atoms with van der Waals surface area (Å²) in [5.74, 6) is -0.294. The van der Waals surface area contributed by atoms with E-state index in [2.05, 4.69) is 47.4 Å². The van der Waals surface area contributed by atoms with Crippen molar-refractivity contribution in [3.63, 3.8) is 0 Å². The van der Waals surface area contributed by atoms with E-state index in [-0.39, 0.29) is 17.4 Å². The summed E-state index contributed by atoms with van der Waals surface area (Å²) in [4.78, 5) is 23.6. The van der Waals surface area contributed by atoms with Crippen molar-refractivity contribution in [3.05, 3.63) is 156 Å². The summed E-state index contributed by atoms with van der Waals surface area (Å²) in [5, 5.41) is 1.06. The molecule has 0 fully saturated rings. The number of thiazole rings is 1. The molecule has 1 atom stereocenters. The van der Waals surface area contributed by atoms with E-state index < -0.39 is 0 Å². The average Bonchev–Trinajstić information content (AvgIpc) is 3.54. The van der Waals surface area contributed by atoms with Gasteiger partial charge in [-0.15, -0.1) is 0 Å². The first kappa shape index (κ1) is 24.0. The van der Waals surface area contributed by atoms with Gasteiger partial charge in [-0.05, 0) is 59.4 Å². The lowest BCUT2D eigenvalue weighted by Gasteiger charge is -2.30. The highest BCUT2D eigenvalue weighted by atomic mass is 32.1. The van der Waals surface area contributed by atoms with Gasteiger partial charge in [-0.3, -0.25) is 9.36 Å². The van der Waals surface area contributed by atoms with Crippen LogP contribution in [0.2, 0.25) is 0 Å². The molecule has 4 aromatic carbocycles. The van der Waals surface area contributed by atoms with Gasteiger partial charge in [0.25, 0.3) is 5.56 Å². The van der Waals surface area contributed by atoms with Gasteiger partial charge in [0.15, 0.2) is 4.80 Å². The maximum Gasteiger partial charge on any atom is 0.271 e. The van der Waals surface area contributed by atoms with Gasteiger partial charge in [0.1, 0.15) is 5.82 Å². The highest BCUT2D eigenvalue weighted by molar-refractivity contribution is 7.07. The lowest BCUT2D eigenvalue weighted by atomic mass is 9.83. The van der Waals surface area contributed by atoms with E-state index in [1.165, 1.54) is 29.0 Å². The molecule has 0 radical (unpaired) electrons. The van der Waals surface area contributed by atoms with Crippen LogP contribution in [0.15, 0.2) is 118 Å². The summed E-state index contributed by atoms with van der Waals surface area (Å²) < 4.78 is 16.4. The molecule has 0 saturated carbocycles. The van der Waals surface area contributed by atoms with E-state index in [9.17, 15) is 9.18 Å². The fourth-order valence-electron chi connectivity index (χ4n) is 6.24. The first-order chi connectivity index (χ1) is 20.2. The first-order valence-electron chi connectivity index (χ1n) is 13.7. The third-order valence-electron chi connectivity index (χ3n) is 8.14. The van der Waals surface area contributed by atoms with Crippen molar-refractivity contribution in [1.29, 1.82) is 0 Å². The minimum absolute atomic E-state index is 0.0854. The van der Waals surface area contributed by atoms with E-state index in [1.54, 1.807) is 12.1 Å². The number of hydrogen-bond acceptors (Lipinski definition) is 3. The second kappa shape index (κ2) is 9.39. The summed E-state index contributed by atoms with van der Waals surface area (Å²) in [6.07, 6.45) is 3.67. The monoisotopic (exact) mass is 553 g/mol. The zero-order chi connectivity index (χ0) is 27.5. The van der Waals surface area contributed by atoms with E-state index in [0.717, 1.165) is 63.0 Å². The fourth-order valence-corrected chi connectivity index (χ4v) is 7.23. The van der Waals surface area contributed by atoms with Crippen LogP contribution in [0.5, 0.6) is 0 Å². The Labute approximate surface area is 239 Å². The fraction of sp³-hybridized carbons (Fsp3) is 0.0857. The van der Waals surface area contributed by atoms with Gasteiger partial charge in [0, 0.05) is 22.0 Å². The van der Waals surface area contributed by atoms with Crippen molar-refractivity contribution in [2.24, 2.45) is 4.99 Å². The molecule has 2 aliphatic rings. The van der Waals surface area contributed by atoms with Gasteiger partial charge in [-0.2, -0.15) is 0 Å². The third kappa shape index (κ3) is 3.86. The van der Waals surface area contributed by atoms with Crippen molar-refractivity contribution in [1.82, 2.24) is 9.55 Å². The molecule has 3 heterocycles. The van der Waals surface area contributed by atoms with Crippen molar-refractivity contribution in [2.45, 2.75) is 18.9 Å². The first-order valence-corrected chi connectivity index (χ1v) is 14.5. The molecule has 41 heavy (non-hydrogen) atoms. The topological polar surface area (TPSA) is 50.1 Å². The van der Waals surface area contributed by atoms with Gasteiger partial charge < -0.3 is 4.98 Å². The Balaban J connectivity index is 1.40. The standard InChI is InChI=1S/C35H24FN3OS/c36-24-17-14-23(15-18-24)33-27-19-16-21-8-4-5-11-25(21)32(27)38-35-39(33)34(40)30(41-35)20-28-26-12-6-7-13-29(26)37-31(28)22-9-2-1-3-10-22/h1-15,17-18,20,33,37H,16,19H2/t33-/m1/s1. The SMILES string of the molecule is O=c1c(=Cc2c(-c3ccccc3)[nH]c3ccccc23)sc2n1[C@H](c1ccc(F)cc1)C1=C(N=2)c2ccccc2CC1. The number of para-hydroxylation sites is 1. The molecule has 4 nitrogen and oxygen atoms in total. The second-order valence-electron chi connectivity index (χ2n) is 10.5. The predicted molar refractivity (Wildman–Crippen MR) is 163 cm³/mol.